The Kier molecular flexibility index (Phi) is 4.44. The summed E-state index contributed by atoms with van der Waals surface area (Å²) in [5.74, 6) is -0.791. The van der Waals surface area contributed by atoms with Crippen LogP contribution in [-0.2, 0) is 16.0 Å². The van der Waals surface area contributed by atoms with Crippen molar-refractivity contribution in [3.05, 3.63) is 23.8 Å². The van der Waals surface area contributed by atoms with Crippen LogP contribution in [-0.4, -0.2) is 47.4 Å². The highest BCUT2D eigenvalue weighted by atomic mass is 16.2. The van der Waals surface area contributed by atoms with E-state index in [0.29, 0.717) is 37.2 Å². The second-order valence-corrected chi connectivity index (χ2v) is 7.60. The molecular weight excluding hydrogens is 362 g/mol. The molecule has 2 aliphatic heterocycles. The monoisotopic (exact) mass is 385 g/mol. The van der Waals surface area contributed by atoms with Crippen LogP contribution in [0.25, 0.3) is 0 Å². The fraction of sp³-hybridized carbons (Fsp3) is 0.474. The van der Waals surface area contributed by atoms with Crippen molar-refractivity contribution in [2.75, 3.05) is 23.3 Å². The maximum atomic E-state index is 12.8. The molecule has 1 spiro atoms. The molecule has 1 aromatic rings. The van der Waals surface area contributed by atoms with E-state index < -0.39 is 23.5 Å². The highest BCUT2D eigenvalue weighted by Crippen LogP contribution is 2.34. The Labute approximate surface area is 162 Å². The van der Waals surface area contributed by atoms with Crippen LogP contribution < -0.4 is 21.3 Å². The zero-order valence-corrected chi connectivity index (χ0v) is 15.5. The first-order chi connectivity index (χ1) is 13.4. The van der Waals surface area contributed by atoms with E-state index in [2.05, 4.69) is 10.6 Å². The first-order valence-electron chi connectivity index (χ1n) is 9.53. The third kappa shape index (κ3) is 3.06. The van der Waals surface area contributed by atoms with Gasteiger partial charge in [0.25, 0.3) is 5.91 Å². The molecule has 1 aliphatic carbocycles. The summed E-state index contributed by atoms with van der Waals surface area (Å²) < 4.78 is 0. The normalized spacial score (nSPS) is 20.3. The number of rotatable bonds is 3. The Morgan fingerprint density at radius 2 is 1.93 bits per heavy atom. The van der Waals surface area contributed by atoms with Crippen molar-refractivity contribution in [2.45, 2.75) is 44.1 Å². The molecule has 4 rings (SSSR count). The lowest BCUT2D eigenvalue weighted by atomic mass is 9.82. The molecule has 28 heavy (non-hydrogen) atoms. The summed E-state index contributed by atoms with van der Waals surface area (Å²) in [4.78, 5) is 51.4. The van der Waals surface area contributed by atoms with E-state index in [1.807, 2.05) is 6.07 Å². The van der Waals surface area contributed by atoms with Crippen molar-refractivity contribution >= 4 is 35.3 Å². The average Bonchev–Trinajstić information content (AvgIpc) is 3.17. The minimum atomic E-state index is -0.842. The number of anilines is 2. The molecule has 2 heterocycles. The van der Waals surface area contributed by atoms with E-state index in [4.69, 9.17) is 5.73 Å². The van der Waals surface area contributed by atoms with Crippen molar-refractivity contribution < 1.29 is 19.2 Å². The van der Waals surface area contributed by atoms with Gasteiger partial charge in [-0.3, -0.25) is 19.4 Å². The number of urea groups is 2. The fourth-order valence-electron chi connectivity index (χ4n) is 4.34. The second-order valence-electron chi connectivity index (χ2n) is 7.60. The summed E-state index contributed by atoms with van der Waals surface area (Å²) in [5, 5.41) is 5.49. The predicted molar refractivity (Wildman–Crippen MR) is 102 cm³/mol. The minimum Gasteiger partial charge on any atom is -0.351 e. The predicted octanol–water partition coefficient (Wildman–Crippen LogP) is 1.32. The molecular formula is C19H23N5O4. The van der Waals surface area contributed by atoms with Crippen LogP contribution in [0.2, 0.25) is 0 Å². The van der Waals surface area contributed by atoms with Crippen LogP contribution in [0.5, 0.6) is 0 Å². The molecule has 6 amide bonds. The summed E-state index contributed by atoms with van der Waals surface area (Å²) in [6, 6.07) is 4.18. The van der Waals surface area contributed by atoms with Gasteiger partial charge in [0, 0.05) is 12.2 Å². The summed E-state index contributed by atoms with van der Waals surface area (Å²) in [5.41, 5.74) is 6.67. The number of nitrogens with one attached hydrogen (secondary N) is 2. The minimum absolute atomic E-state index is 0.318. The Bertz CT molecular complexity index is 862. The highest BCUT2D eigenvalue weighted by Gasteiger charge is 2.51. The number of hydrogen-bond acceptors (Lipinski definition) is 4. The lowest BCUT2D eigenvalue weighted by Gasteiger charge is -2.30. The first-order valence-corrected chi connectivity index (χ1v) is 9.53. The maximum absolute atomic E-state index is 12.8. The van der Waals surface area contributed by atoms with Gasteiger partial charge in [-0.05, 0) is 37.0 Å². The van der Waals surface area contributed by atoms with Gasteiger partial charge in [0.2, 0.25) is 5.91 Å². The lowest BCUT2D eigenvalue weighted by molar-refractivity contribution is -0.134. The van der Waals surface area contributed by atoms with Gasteiger partial charge < -0.3 is 16.4 Å². The lowest BCUT2D eigenvalue weighted by Crippen LogP contribution is -2.48. The van der Waals surface area contributed by atoms with Crippen molar-refractivity contribution in [3.8, 4) is 0 Å². The van der Waals surface area contributed by atoms with Crippen LogP contribution in [0.1, 0.15) is 37.7 Å². The Balaban J connectivity index is 1.44. The molecule has 0 radical (unpaired) electrons. The number of carbonyl (C=O) groups excluding carboxylic acids is 4. The molecule has 1 aromatic carbocycles. The van der Waals surface area contributed by atoms with Crippen LogP contribution in [0.4, 0.5) is 21.0 Å². The van der Waals surface area contributed by atoms with Crippen molar-refractivity contribution in [2.24, 2.45) is 5.73 Å². The number of hydrogen-bond donors (Lipinski definition) is 3. The first kappa shape index (κ1) is 18.3. The molecule has 4 N–H and O–H groups in total. The number of primary amides is 1. The maximum Gasteiger partial charge on any atom is 0.325 e. The van der Waals surface area contributed by atoms with Crippen molar-refractivity contribution in [1.82, 2.24) is 10.2 Å². The zero-order chi connectivity index (χ0) is 19.9. The molecule has 9 heteroatoms. The largest absolute Gasteiger partial charge is 0.351 e. The van der Waals surface area contributed by atoms with E-state index in [-0.39, 0.29) is 12.5 Å². The van der Waals surface area contributed by atoms with E-state index in [0.717, 1.165) is 29.7 Å². The Hall–Kier alpha value is -3.10. The van der Waals surface area contributed by atoms with Crippen LogP contribution in [0.3, 0.4) is 0 Å². The summed E-state index contributed by atoms with van der Waals surface area (Å²) in [6.45, 7) is 0.162. The summed E-state index contributed by atoms with van der Waals surface area (Å²) >= 11 is 0. The molecule has 0 unspecified atom stereocenters. The molecule has 0 atom stereocenters. The van der Waals surface area contributed by atoms with E-state index in [1.54, 1.807) is 12.1 Å². The van der Waals surface area contributed by atoms with E-state index in [1.165, 1.54) is 4.90 Å². The van der Waals surface area contributed by atoms with Crippen molar-refractivity contribution in [1.29, 1.82) is 0 Å². The zero-order valence-electron chi connectivity index (χ0n) is 15.5. The quantitative estimate of drug-likeness (QED) is 0.679. The van der Waals surface area contributed by atoms with Crippen LogP contribution >= 0.6 is 0 Å². The van der Waals surface area contributed by atoms with Gasteiger partial charge in [-0.2, -0.15) is 0 Å². The molecule has 2 fully saturated rings. The van der Waals surface area contributed by atoms with E-state index in [9.17, 15) is 19.2 Å². The van der Waals surface area contributed by atoms with Crippen LogP contribution in [0.15, 0.2) is 18.2 Å². The number of nitrogens with zero attached hydrogens (tertiary/aromatic N) is 2. The Morgan fingerprint density at radius 3 is 2.64 bits per heavy atom. The summed E-state index contributed by atoms with van der Waals surface area (Å²) in [7, 11) is 0. The fourth-order valence-corrected chi connectivity index (χ4v) is 4.34. The number of nitrogens with two attached hydrogens (primary N) is 1. The SMILES string of the molecule is NC(=O)N1CCc2ccc(NC(=O)CN3C(=O)NC4(CCCCC4)C3=O)cc21. The average molecular weight is 385 g/mol. The Morgan fingerprint density at radius 1 is 1.18 bits per heavy atom. The molecule has 148 valence electrons. The third-order valence-electron chi connectivity index (χ3n) is 5.79. The number of imide groups is 1. The van der Waals surface area contributed by atoms with Gasteiger partial charge in [0.05, 0.1) is 5.69 Å². The highest BCUT2D eigenvalue weighted by molar-refractivity contribution is 6.10. The topological polar surface area (TPSA) is 125 Å². The number of amides is 6. The molecule has 0 aromatic heterocycles. The van der Waals surface area contributed by atoms with Gasteiger partial charge in [-0.1, -0.05) is 25.3 Å². The molecule has 1 saturated heterocycles. The summed E-state index contributed by atoms with van der Waals surface area (Å²) in [6.07, 6.45) is 4.76. The number of fused-ring (bicyclic) bond motifs is 1. The number of carbonyl (C=O) groups is 4. The number of benzene rings is 1. The molecule has 0 bridgehead atoms. The van der Waals surface area contributed by atoms with Gasteiger partial charge in [-0.15, -0.1) is 0 Å². The van der Waals surface area contributed by atoms with Gasteiger partial charge in [-0.25, -0.2) is 9.59 Å². The third-order valence-corrected chi connectivity index (χ3v) is 5.79. The van der Waals surface area contributed by atoms with Crippen LogP contribution in [0, 0.1) is 0 Å². The van der Waals surface area contributed by atoms with Gasteiger partial charge >= 0.3 is 12.1 Å². The standard InChI is InChI=1S/C19H23N5O4/c20-17(27)23-9-6-12-4-5-13(10-14(12)23)21-15(25)11-24-16(26)19(22-18(24)28)7-2-1-3-8-19/h4-5,10H,1-3,6-9,11H2,(H2,20,27)(H,21,25)(H,22,28). The molecule has 3 aliphatic rings. The second kappa shape index (κ2) is 6.81. The molecule has 1 saturated carbocycles. The smallest absolute Gasteiger partial charge is 0.325 e. The van der Waals surface area contributed by atoms with Gasteiger partial charge in [0.15, 0.2) is 0 Å². The van der Waals surface area contributed by atoms with Crippen molar-refractivity contribution in [3.63, 3.8) is 0 Å². The molecule has 9 nitrogen and oxygen atoms in total. The van der Waals surface area contributed by atoms with E-state index >= 15 is 0 Å². The van der Waals surface area contributed by atoms with Gasteiger partial charge in [0.1, 0.15) is 12.1 Å².